The van der Waals surface area contributed by atoms with Crippen LogP contribution in [0.5, 0.6) is 11.5 Å². The third kappa shape index (κ3) is 2.94. The molecule has 7 heteroatoms. The van der Waals surface area contributed by atoms with Crippen LogP contribution in [0.2, 0.25) is 0 Å². The third-order valence-electron chi connectivity index (χ3n) is 3.82. The molecule has 4 rings (SSSR count). The van der Waals surface area contributed by atoms with E-state index in [0.29, 0.717) is 11.7 Å². The number of aromatic nitrogens is 3. The van der Waals surface area contributed by atoms with Crippen molar-refractivity contribution in [2.24, 2.45) is 0 Å². The summed E-state index contributed by atoms with van der Waals surface area (Å²) in [7, 11) is 0. The molecule has 0 bridgehead atoms. The van der Waals surface area contributed by atoms with Crippen LogP contribution in [0.1, 0.15) is 11.6 Å². The number of carboxylic acids is 1. The standard InChI is InChI=1S/C18H14N4O3/c23-17(24)15-10-16(22-18(21-15)19-11-20-22)12-5-4-8-14(9-12)25-13-6-2-1-3-7-13/h1-11,16H,(H,23,24)(H,19,20,21)/t16-/m1/s1. The van der Waals surface area contributed by atoms with Crippen molar-refractivity contribution in [2.45, 2.75) is 6.04 Å². The van der Waals surface area contributed by atoms with Crippen LogP contribution in [-0.4, -0.2) is 25.8 Å². The van der Waals surface area contributed by atoms with Gasteiger partial charge in [-0.25, -0.2) is 9.48 Å². The van der Waals surface area contributed by atoms with Crippen molar-refractivity contribution in [2.75, 3.05) is 5.32 Å². The Kier molecular flexibility index (Phi) is 3.66. The lowest BCUT2D eigenvalue weighted by Crippen LogP contribution is -2.24. The van der Waals surface area contributed by atoms with Crippen LogP contribution >= 0.6 is 0 Å². The molecule has 7 nitrogen and oxygen atoms in total. The number of carboxylic acid groups (broad SMARTS) is 1. The first-order valence-corrected chi connectivity index (χ1v) is 7.65. The number of aliphatic carboxylic acids is 1. The zero-order chi connectivity index (χ0) is 17.2. The zero-order valence-corrected chi connectivity index (χ0v) is 13.0. The Morgan fingerprint density at radius 2 is 1.92 bits per heavy atom. The van der Waals surface area contributed by atoms with Crippen LogP contribution in [0.25, 0.3) is 0 Å². The Hall–Kier alpha value is -3.61. The molecule has 0 saturated heterocycles. The van der Waals surface area contributed by atoms with E-state index in [1.165, 1.54) is 6.33 Å². The first kappa shape index (κ1) is 14.9. The first-order chi connectivity index (χ1) is 12.2. The minimum absolute atomic E-state index is 0.0693. The SMILES string of the molecule is O=C(O)C1=C[C@H](c2cccc(Oc3ccccc3)c2)n2ncnc2N1. The van der Waals surface area contributed by atoms with Gasteiger partial charge in [-0.15, -0.1) is 0 Å². The van der Waals surface area contributed by atoms with Crippen LogP contribution in [0.15, 0.2) is 72.7 Å². The molecule has 0 radical (unpaired) electrons. The minimum Gasteiger partial charge on any atom is -0.477 e. The number of allylic oxidation sites excluding steroid dienone is 1. The van der Waals surface area contributed by atoms with E-state index in [1.807, 2.05) is 54.6 Å². The Balaban J connectivity index is 1.70. The number of para-hydroxylation sites is 1. The van der Waals surface area contributed by atoms with Gasteiger partial charge in [-0.2, -0.15) is 10.1 Å². The highest BCUT2D eigenvalue weighted by Crippen LogP contribution is 2.31. The Morgan fingerprint density at radius 3 is 2.72 bits per heavy atom. The fourth-order valence-corrected chi connectivity index (χ4v) is 2.68. The number of anilines is 1. The second-order valence-corrected chi connectivity index (χ2v) is 5.47. The minimum atomic E-state index is -1.05. The van der Waals surface area contributed by atoms with E-state index in [-0.39, 0.29) is 11.7 Å². The van der Waals surface area contributed by atoms with Crippen LogP contribution in [0, 0.1) is 0 Å². The molecule has 1 aromatic heterocycles. The maximum absolute atomic E-state index is 11.4. The largest absolute Gasteiger partial charge is 0.477 e. The van der Waals surface area contributed by atoms with Gasteiger partial charge in [0.25, 0.3) is 0 Å². The van der Waals surface area contributed by atoms with Crippen molar-refractivity contribution in [3.05, 3.63) is 78.3 Å². The van der Waals surface area contributed by atoms with Gasteiger partial charge in [-0.1, -0.05) is 30.3 Å². The number of rotatable bonds is 4. The zero-order valence-electron chi connectivity index (χ0n) is 13.0. The maximum Gasteiger partial charge on any atom is 0.352 e. The van der Waals surface area contributed by atoms with Gasteiger partial charge in [-0.05, 0) is 35.9 Å². The van der Waals surface area contributed by atoms with Gasteiger partial charge < -0.3 is 15.2 Å². The molecule has 3 aromatic rings. The van der Waals surface area contributed by atoms with Crippen LogP contribution in [0.4, 0.5) is 5.95 Å². The molecule has 1 aliphatic rings. The predicted molar refractivity (Wildman–Crippen MR) is 90.5 cm³/mol. The molecule has 2 aromatic carbocycles. The Labute approximate surface area is 143 Å². The normalized spacial score (nSPS) is 15.7. The highest BCUT2D eigenvalue weighted by molar-refractivity contribution is 5.90. The van der Waals surface area contributed by atoms with E-state index in [0.717, 1.165) is 11.3 Å². The van der Waals surface area contributed by atoms with Gasteiger partial charge in [0, 0.05) is 0 Å². The van der Waals surface area contributed by atoms with E-state index >= 15 is 0 Å². The molecule has 0 amide bonds. The van der Waals surface area contributed by atoms with Gasteiger partial charge in [-0.3, -0.25) is 0 Å². The summed E-state index contributed by atoms with van der Waals surface area (Å²) in [4.78, 5) is 15.4. The molecule has 124 valence electrons. The smallest absolute Gasteiger partial charge is 0.352 e. The van der Waals surface area contributed by atoms with Crippen molar-refractivity contribution in [3.8, 4) is 11.5 Å². The Bertz CT molecular complexity index is 950. The second kappa shape index (κ2) is 6.12. The van der Waals surface area contributed by atoms with Gasteiger partial charge in [0.15, 0.2) is 0 Å². The highest BCUT2D eigenvalue weighted by atomic mass is 16.5. The van der Waals surface area contributed by atoms with E-state index < -0.39 is 5.97 Å². The summed E-state index contributed by atoms with van der Waals surface area (Å²) in [5.74, 6) is 0.734. The van der Waals surface area contributed by atoms with E-state index in [4.69, 9.17) is 4.74 Å². The van der Waals surface area contributed by atoms with Gasteiger partial charge in [0.1, 0.15) is 29.6 Å². The molecule has 0 aliphatic carbocycles. The monoisotopic (exact) mass is 334 g/mol. The fraction of sp³-hybridized carbons (Fsp3) is 0.0556. The van der Waals surface area contributed by atoms with E-state index in [1.54, 1.807) is 10.8 Å². The molecule has 0 spiro atoms. The highest BCUT2D eigenvalue weighted by Gasteiger charge is 2.25. The number of fused-ring (bicyclic) bond motifs is 1. The molecular weight excluding hydrogens is 320 g/mol. The van der Waals surface area contributed by atoms with Crippen LogP contribution in [-0.2, 0) is 4.79 Å². The van der Waals surface area contributed by atoms with Crippen molar-refractivity contribution in [3.63, 3.8) is 0 Å². The average Bonchev–Trinajstić information content (AvgIpc) is 3.10. The van der Waals surface area contributed by atoms with Gasteiger partial charge >= 0.3 is 5.97 Å². The molecule has 1 aliphatic heterocycles. The summed E-state index contributed by atoms with van der Waals surface area (Å²) < 4.78 is 7.49. The number of nitrogens with zero attached hydrogens (tertiary/aromatic N) is 3. The van der Waals surface area contributed by atoms with Gasteiger partial charge in [0.2, 0.25) is 5.95 Å². The number of benzene rings is 2. The van der Waals surface area contributed by atoms with Gasteiger partial charge in [0.05, 0.1) is 0 Å². The van der Waals surface area contributed by atoms with E-state index in [9.17, 15) is 9.90 Å². The lowest BCUT2D eigenvalue weighted by molar-refractivity contribution is -0.132. The summed E-state index contributed by atoms with van der Waals surface area (Å²) in [6.07, 6.45) is 2.99. The summed E-state index contributed by atoms with van der Waals surface area (Å²) >= 11 is 0. The molecular formula is C18H14N4O3. The van der Waals surface area contributed by atoms with Crippen LogP contribution in [0.3, 0.4) is 0 Å². The Morgan fingerprint density at radius 1 is 1.12 bits per heavy atom. The molecule has 25 heavy (non-hydrogen) atoms. The van der Waals surface area contributed by atoms with Crippen molar-refractivity contribution >= 4 is 11.9 Å². The lowest BCUT2D eigenvalue weighted by atomic mass is 10.0. The summed E-state index contributed by atoms with van der Waals surface area (Å²) in [6.45, 7) is 0. The van der Waals surface area contributed by atoms with Crippen molar-refractivity contribution in [1.82, 2.24) is 14.8 Å². The van der Waals surface area contributed by atoms with Crippen LogP contribution < -0.4 is 10.1 Å². The number of nitrogens with one attached hydrogen (secondary N) is 1. The quantitative estimate of drug-likeness (QED) is 0.762. The maximum atomic E-state index is 11.4. The topological polar surface area (TPSA) is 89.3 Å². The molecule has 2 heterocycles. The number of carbonyl (C=O) groups is 1. The summed E-state index contributed by atoms with van der Waals surface area (Å²) in [6, 6.07) is 16.5. The third-order valence-corrected chi connectivity index (χ3v) is 3.82. The average molecular weight is 334 g/mol. The lowest BCUT2D eigenvalue weighted by Gasteiger charge is -2.22. The number of hydrogen-bond acceptors (Lipinski definition) is 5. The molecule has 2 N–H and O–H groups in total. The molecule has 0 fully saturated rings. The predicted octanol–water partition coefficient (Wildman–Crippen LogP) is 3.05. The molecule has 0 unspecified atom stereocenters. The first-order valence-electron chi connectivity index (χ1n) is 7.65. The van der Waals surface area contributed by atoms with Crippen molar-refractivity contribution in [1.29, 1.82) is 0 Å². The molecule has 0 saturated carbocycles. The number of ether oxygens (including phenoxy) is 1. The summed E-state index contributed by atoms with van der Waals surface area (Å²) in [5, 5.41) is 16.2. The van der Waals surface area contributed by atoms with E-state index in [2.05, 4.69) is 15.4 Å². The summed E-state index contributed by atoms with van der Waals surface area (Å²) in [5.41, 5.74) is 0.917. The fourth-order valence-electron chi connectivity index (χ4n) is 2.68. The molecule has 1 atom stereocenters. The number of hydrogen-bond donors (Lipinski definition) is 2. The van der Waals surface area contributed by atoms with Crippen molar-refractivity contribution < 1.29 is 14.6 Å². The second-order valence-electron chi connectivity index (χ2n) is 5.47.